The molecule has 0 unspecified atom stereocenters. The summed E-state index contributed by atoms with van der Waals surface area (Å²) in [7, 11) is 0. The number of para-hydroxylation sites is 1. The van der Waals surface area contributed by atoms with Gasteiger partial charge in [-0.2, -0.15) is 0 Å². The van der Waals surface area contributed by atoms with Crippen molar-refractivity contribution >= 4 is 29.3 Å². The van der Waals surface area contributed by atoms with E-state index >= 15 is 0 Å². The fraction of sp³-hybridized carbons (Fsp3) is 0.100. The molecule has 138 valence electrons. The topological polar surface area (TPSA) is 71.3 Å². The second-order valence-electron chi connectivity index (χ2n) is 5.60. The van der Waals surface area contributed by atoms with E-state index in [2.05, 4.69) is 10.6 Å². The fourth-order valence-electron chi connectivity index (χ4n) is 2.33. The van der Waals surface area contributed by atoms with Gasteiger partial charge in [0.2, 0.25) is 5.91 Å². The molecule has 0 spiro atoms. The quantitative estimate of drug-likeness (QED) is 0.602. The molecule has 0 bridgehead atoms. The van der Waals surface area contributed by atoms with Crippen LogP contribution in [0, 0.1) is 5.82 Å². The van der Waals surface area contributed by atoms with Gasteiger partial charge in [0.05, 0.1) is 29.8 Å². The summed E-state index contributed by atoms with van der Waals surface area (Å²) in [6.45, 7) is 0.258. The molecular formula is C20H17FN2O3S. The minimum Gasteiger partial charge on any atom is -0.467 e. The molecule has 2 amide bonds. The zero-order valence-electron chi connectivity index (χ0n) is 14.3. The average Bonchev–Trinajstić information content (AvgIpc) is 3.20. The second-order valence-corrected chi connectivity index (χ2v) is 6.65. The lowest BCUT2D eigenvalue weighted by Gasteiger charge is -2.11. The normalized spacial score (nSPS) is 10.4. The van der Waals surface area contributed by atoms with Crippen LogP contribution in [-0.2, 0) is 11.3 Å². The predicted octanol–water partition coefficient (Wildman–Crippen LogP) is 4.08. The van der Waals surface area contributed by atoms with Crippen LogP contribution in [0.5, 0.6) is 0 Å². The molecule has 0 aliphatic rings. The number of hydrogen-bond acceptors (Lipinski definition) is 4. The molecule has 1 aromatic heterocycles. The number of rotatable bonds is 7. The molecule has 0 radical (unpaired) electrons. The SMILES string of the molecule is O=C(CSc1ccc(F)cc1)Nc1ccccc1C(=O)NCc1ccco1. The molecule has 0 saturated carbocycles. The summed E-state index contributed by atoms with van der Waals surface area (Å²) in [5, 5.41) is 5.50. The van der Waals surface area contributed by atoms with E-state index in [-0.39, 0.29) is 29.9 Å². The van der Waals surface area contributed by atoms with Crippen LogP contribution in [0.15, 0.2) is 76.2 Å². The van der Waals surface area contributed by atoms with E-state index in [4.69, 9.17) is 4.42 Å². The second kappa shape index (κ2) is 9.05. The zero-order chi connectivity index (χ0) is 19.1. The van der Waals surface area contributed by atoms with Crippen molar-refractivity contribution in [3.05, 3.63) is 84.1 Å². The first-order valence-electron chi connectivity index (χ1n) is 8.19. The number of nitrogens with one attached hydrogen (secondary N) is 2. The maximum atomic E-state index is 12.9. The van der Waals surface area contributed by atoms with E-state index in [9.17, 15) is 14.0 Å². The summed E-state index contributed by atoms with van der Waals surface area (Å²) >= 11 is 1.29. The van der Waals surface area contributed by atoms with E-state index in [0.29, 0.717) is 17.0 Å². The third kappa shape index (κ3) is 5.46. The van der Waals surface area contributed by atoms with E-state index in [0.717, 1.165) is 4.90 Å². The summed E-state index contributed by atoms with van der Waals surface area (Å²) in [6.07, 6.45) is 1.54. The first kappa shape index (κ1) is 18.7. The first-order chi connectivity index (χ1) is 13.1. The number of furan rings is 1. The number of thioether (sulfide) groups is 1. The Morgan fingerprint density at radius 3 is 2.52 bits per heavy atom. The summed E-state index contributed by atoms with van der Waals surface area (Å²) in [5.41, 5.74) is 0.795. The predicted molar refractivity (Wildman–Crippen MR) is 102 cm³/mol. The van der Waals surface area contributed by atoms with Gasteiger partial charge < -0.3 is 15.1 Å². The largest absolute Gasteiger partial charge is 0.467 e. The zero-order valence-corrected chi connectivity index (χ0v) is 15.1. The Bertz CT molecular complexity index is 911. The van der Waals surface area contributed by atoms with E-state index in [1.54, 1.807) is 48.5 Å². The fourth-order valence-corrected chi connectivity index (χ4v) is 3.03. The van der Waals surface area contributed by atoms with Crippen molar-refractivity contribution in [1.29, 1.82) is 0 Å². The van der Waals surface area contributed by atoms with Crippen LogP contribution in [0.2, 0.25) is 0 Å². The molecule has 2 aromatic carbocycles. The first-order valence-corrected chi connectivity index (χ1v) is 9.18. The van der Waals surface area contributed by atoms with Gasteiger partial charge in [-0.1, -0.05) is 12.1 Å². The number of halogens is 1. The Morgan fingerprint density at radius 2 is 1.78 bits per heavy atom. The highest BCUT2D eigenvalue weighted by Crippen LogP contribution is 2.20. The van der Waals surface area contributed by atoms with Crippen molar-refractivity contribution in [1.82, 2.24) is 5.32 Å². The van der Waals surface area contributed by atoms with Crippen molar-refractivity contribution < 1.29 is 18.4 Å². The summed E-state index contributed by atoms with van der Waals surface area (Å²) in [6, 6.07) is 16.2. The van der Waals surface area contributed by atoms with Gasteiger partial charge in [0.1, 0.15) is 11.6 Å². The molecule has 0 atom stereocenters. The average molecular weight is 384 g/mol. The van der Waals surface area contributed by atoms with Gasteiger partial charge in [-0.05, 0) is 48.5 Å². The molecule has 0 fully saturated rings. The highest BCUT2D eigenvalue weighted by molar-refractivity contribution is 8.00. The van der Waals surface area contributed by atoms with Crippen molar-refractivity contribution in [3.63, 3.8) is 0 Å². The lowest BCUT2D eigenvalue weighted by atomic mass is 10.1. The molecule has 5 nitrogen and oxygen atoms in total. The molecule has 0 aliphatic carbocycles. The van der Waals surface area contributed by atoms with Gasteiger partial charge in [0.15, 0.2) is 0 Å². The van der Waals surface area contributed by atoms with Crippen molar-refractivity contribution in [2.24, 2.45) is 0 Å². The van der Waals surface area contributed by atoms with Crippen LogP contribution in [0.25, 0.3) is 0 Å². The third-order valence-electron chi connectivity index (χ3n) is 3.63. The number of carbonyl (C=O) groups is 2. The number of benzene rings is 2. The maximum absolute atomic E-state index is 12.9. The van der Waals surface area contributed by atoms with Crippen LogP contribution in [0.4, 0.5) is 10.1 Å². The summed E-state index contributed by atoms with van der Waals surface area (Å²) < 4.78 is 18.1. The lowest BCUT2D eigenvalue weighted by molar-refractivity contribution is -0.113. The number of anilines is 1. The van der Waals surface area contributed by atoms with E-state index < -0.39 is 0 Å². The number of carbonyl (C=O) groups excluding carboxylic acids is 2. The standard InChI is InChI=1S/C20H17FN2O3S/c21-14-7-9-16(10-8-14)27-13-19(24)23-18-6-2-1-5-17(18)20(25)22-12-15-4-3-11-26-15/h1-11H,12-13H2,(H,22,25)(H,23,24). The highest BCUT2D eigenvalue weighted by Gasteiger charge is 2.13. The van der Waals surface area contributed by atoms with Crippen molar-refractivity contribution in [2.75, 3.05) is 11.1 Å². The van der Waals surface area contributed by atoms with Gasteiger partial charge in [-0.3, -0.25) is 9.59 Å². The lowest BCUT2D eigenvalue weighted by Crippen LogP contribution is -2.25. The van der Waals surface area contributed by atoms with Gasteiger partial charge >= 0.3 is 0 Å². The molecule has 3 rings (SSSR count). The molecule has 0 aliphatic heterocycles. The molecular weight excluding hydrogens is 367 g/mol. The number of amides is 2. The van der Waals surface area contributed by atoms with Gasteiger partial charge in [0.25, 0.3) is 5.91 Å². The molecule has 7 heteroatoms. The highest BCUT2D eigenvalue weighted by atomic mass is 32.2. The van der Waals surface area contributed by atoms with Crippen LogP contribution >= 0.6 is 11.8 Å². The Labute approximate surface area is 160 Å². The minimum atomic E-state index is -0.321. The van der Waals surface area contributed by atoms with Crippen LogP contribution in [0.3, 0.4) is 0 Å². The van der Waals surface area contributed by atoms with Crippen LogP contribution in [-0.4, -0.2) is 17.6 Å². The smallest absolute Gasteiger partial charge is 0.253 e. The van der Waals surface area contributed by atoms with Crippen LogP contribution in [0.1, 0.15) is 16.1 Å². The maximum Gasteiger partial charge on any atom is 0.253 e. The van der Waals surface area contributed by atoms with Gasteiger partial charge in [0, 0.05) is 4.90 Å². The monoisotopic (exact) mass is 384 g/mol. The summed E-state index contributed by atoms with van der Waals surface area (Å²) in [5.74, 6) is -0.100. The van der Waals surface area contributed by atoms with Gasteiger partial charge in [-0.15, -0.1) is 11.8 Å². The third-order valence-corrected chi connectivity index (χ3v) is 4.64. The number of hydrogen-bond donors (Lipinski definition) is 2. The van der Waals surface area contributed by atoms with Crippen LogP contribution < -0.4 is 10.6 Å². The molecule has 27 heavy (non-hydrogen) atoms. The molecule has 3 aromatic rings. The Balaban J connectivity index is 1.58. The Morgan fingerprint density at radius 1 is 1.00 bits per heavy atom. The van der Waals surface area contributed by atoms with E-state index in [1.807, 2.05) is 0 Å². The molecule has 2 N–H and O–H groups in total. The molecule has 0 saturated heterocycles. The summed E-state index contributed by atoms with van der Waals surface area (Å²) in [4.78, 5) is 25.4. The van der Waals surface area contributed by atoms with Crippen molar-refractivity contribution in [2.45, 2.75) is 11.4 Å². The van der Waals surface area contributed by atoms with Gasteiger partial charge in [-0.25, -0.2) is 4.39 Å². The Hall–Kier alpha value is -3.06. The minimum absolute atomic E-state index is 0.147. The Kier molecular flexibility index (Phi) is 6.27. The molecule has 1 heterocycles. The van der Waals surface area contributed by atoms with Crippen molar-refractivity contribution in [3.8, 4) is 0 Å². The van der Waals surface area contributed by atoms with E-state index in [1.165, 1.54) is 30.2 Å².